The number of fused-ring (bicyclic) bond motifs is 3. The maximum atomic E-state index is 13.3. The Morgan fingerprint density at radius 1 is 1.14 bits per heavy atom. The van der Waals surface area contributed by atoms with Gasteiger partial charge in [-0.05, 0) is 37.0 Å². The summed E-state index contributed by atoms with van der Waals surface area (Å²) in [5, 5.41) is 8.46. The molecule has 0 spiro atoms. The second-order valence-corrected chi connectivity index (χ2v) is 7.67. The Labute approximate surface area is 162 Å². The van der Waals surface area contributed by atoms with Gasteiger partial charge in [-0.1, -0.05) is 18.2 Å². The number of carbonyl (C=O) groups excluding carboxylic acids is 2. The highest BCUT2D eigenvalue weighted by Crippen LogP contribution is 2.39. The number of hydrogen-bond donors (Lipinski definition) is 1. The minimum absolute atomic E-state index is 0.0129. The molecule has 1 saturated carbocycles. The fourth-order valence-corrected chi connectivity index (χ4v) is 4.67. The van der Waals surface area contributed by atoms with Gasteiger partial charge in [0, 0.05) is 37.4 Å². The molecule has 3 atom stereocenters. The monoisotopic (exact) mass is 375 g/mol. The van der Waals surface area contributed by atoms with Gasteiger partial charge in [-0.3, -0.25) is 19.3 Å². The van der Waals surface area contributed by atoms with Gasteiger partial charge >= 0.3 is 0 Å². The number of rotatable bonds is 3. The van der Waals surface area contributed by atoms with Crippen molar-refractivity contribution in [3.05, 3.63) is 60.0 Å². The van der Waals surface area contributed by atoms with Crippen molar-refractivity contribution in [2.75, 3.05) is 6.54 Å². The fourth-order valence-electron chi connectivity index (χ4n) is 4.67. The highest BCUT2D eigenvalue weighted by molar-refractivity contribution is 6.05. The molecule has 1 aromatic carbocycles. The first-order valence-corrected chi connectivity index (χ1v) is 9.55. The van der Waals surface area contributed by atoms with Gasteiger partial charge in [0.25, 0.3) is 11.8 Å². The van der Waals surface area contributed by atoms with Gasteiger partial charge < -0.3 is 10.2 Å². The zero-order valence-electron chi connectivity index (χ0n) is 15.6. The summed E-state index contributed by atoms with van der Waals surface area (Å²) >= 11 is 0. The summed E-state index contributed by atoms with van der Waals surface area (Å²) < 4.78 is 1.75. The first-order chi connectivity index (χ1) is 13.6. The van der Waals surface area contributed by atoms with Gasteiger partial charge in [0.05, 0.1) is 17.1 Å². The molecule has 3 unspecified atom stereocenters. The Bertz CT molecular complexity index is 1060. The molecule has 142 valence electrons. The lowest BCUT2D eigenvalue weighted by atomic mass is 10.0. The number of aryl methyl sites for hydroxylation is 1. The van der Waals surface area contributed by atoms with Gasteiger partial charge in [-0.2, -0.15) is 5.10 Å². The number of hydrogen-bond acceptors (Lipinski definition) is 4. The van der Waals surface area contributed by atoms with Crippen molar-refractivity contribution in [1.82, 2.24) is 25.0 Å². The van der Waals surface area contributed by atoms with E-state index in [1.54, 1.807) is 29.2 Å². The lowest BCUT2D eigenvalue weighted by Gasteiger charge is -2.33. The van der Waals surface area contributed by atoms with E-state index >= 15 is 0 Å². The average Bonchev–Trinajstić information content (AvgIpc) is 3.41. The van der Waals surface area contributed by atoms with E-state index in [0.717, 1.165) is 30.3 Å². The molecule has 0 radical (unpaired) electrons. The summed E-state index contributed by atoms with van der Waals surface area (Å²) in [5.41, 5.74) is 1.97. The second kappa shape index (κ2) is 6.44. The topological polar surface area (TPSA) is 80.1 Å². The molecule has 3 heterocycles. The Morgan fingerprint density at radius 2 is 2.00 bits per heavy atom. The Morgan fingerprint density at radius 3 is 2.79 bits per heavy atom. The zero-order valence-corrected chi connectivity index (χ0v) is 15.6. The lowest BCUT2D eigenvalue weighted by Crippen LogP contribution is -2.52. The Hall–Kier alpha value is -3.22. The molecule has 1 saturated heterocycles. The van der Waals surface area contributed by atoms with Crippen LogP contribution in [0.5, 0.6) is 0 Å². The fraction of sp³-hybridized carbons (Fsp3) is 0.333. The molecule has 1 aliphatic carbocycles. The third-order valence-electron chi connectivity index (χ3n) is 5.94. The first kappa shape index (κ1) is 16.9. The van der Waals surface area contributed by atoms with E-state index in [9.17, 15) is 9.59 Å². The number of nitrogens with one attached hydrogen (secondary N) is 1. The van der Waals surface area contributed by atoms with Gasteiger partial charge in [0.15, 0.2) is 5.69 Å². The number of amides is 2. The molecular formula is C21H21N5O2. The van der Waals surface area contributed by atoms with E-state index in [-0.39, 0.29) is 23.9 Å². The van der Waals surface area contributed by atoms with Crippen molar-refractivity contribution < 1.29 is 9.59 Å². The van der Waals surface area contributed by atoms with Crippen molar-refractivity contribution in [2.24, 2.45) is 13.0 Å². The molecular weight excluding hydrogens is 354 g/mol. The van der Waals surface area contributed by atoms with Crippen LogP contribution in [-0.2, 0) is 7.05 Å². The van der Waals surface area contributed by atoms with E-state index in [4.69, 9.17) is 0 Å². The molecule has 1 aliphatic heterocycles. The molecule has 28 heavy (non-hydrogen) atoms. The van der Waals surface area contributed by atoms with E-state index in [2.05, 4.69) is 15.4 Å². The molecule has 2 bridgehead atoms. The third-order valence-corrected chi connectivity index (χ3v) is 5.94. The normalized spacial score (nSPS) is 23.3. The molecule has 3 aromatic rings. The molecule has 1 N–H and O–H groups in total. The summed E-state index contributed by atoms with van der Waals surface area (Å²) in [6.07, 6.45) is 5.04. The van der Waals surface area contributed by atoms with Crippen LogP contribution >= 0.6 is 0 Å². The SMILES string of the molecule is Cn1nc(C(=O)N2CC3CC(NC(=O)c4cccnc4)C2C3)c2ccccc21. The number of likely N-dealkylation sites (tertiary alicyclic amines) is 1. The minimum Gasteiger partial charge on any atom is -0.347 e. The number of carbonyl (C=O) groups is 2. The van der Waals surface area contributed by atoms with Crippen LogP contribution in [-0.4, -0.2) is 50.1 Å². The van der Waals surface area contributed by atoms with Crippen molar-refractivity contribution in [3.8, 4) is 0 Å². The van der Waals surface area contributed by atoms with Crippen LogP contribution in [0.3, 0.4) is 0 Å². The maximum absolute atomic E-state index is 13.3. The lowest BCUT2D eigenvalue weighted by molar-refractivity contribution is 0.0644. The van der Waals surface area contributed by atoms with Crippen LogP contribution in [0, 0.1) is 5.92 Å². The van der Waals surface area contributed by atoms with E-state index in [0.29, 0.717) is 17.2 Å². The predicted molar refractivity (Wildman–Crippen MR) is 104 cm³/mol. The van der Waals surface area contributed by atoms with Crippen LogP contribution < -0.4 is 5.32 Å². The maximum Gasteiger partial charge on any atom is 0.275 e. The summed E-state index contributed by atoms with van der Waals surface area (Å²) in [6, 6.07) is 11.2. The minimum atomic E-state index is -0.138. The summed E-state index contributed by atoms with van der Waals surface area (Å²) in [5.74, 6) is 0.231. The van der Waals surface area contributed by atoms with Crippen molar-refractivity contribution in [3.63, 3.8) is 0 Å². The summed E-state index contributed by atoms with van der Waals surface area (Å²) in [4.78, 5) is 31.7. The molecule has 2 fully saturated rings. The molecule has 5 rings (SSSR count). The van der Waals surface area contributed by atoms with Crippen LogP contribution in [0.2, 0.25) is 0 Å². The van der Waals surface area contributed by atoms with Gasteiger partial charge in [0.2, 0.25) is 0 Å². The highest BCUT2D eigenvalue weighted by Gasteiger charge is 2.48. The van der Waals surface area contributed by atoms with Gasteiger partial charge in [-0.15, -0.1) is 0 Å². The second-order valence-electron chi connectivity index (χ2n) is 7.67. The smallest absolute Gasteiger partial charge is 0.275 e. The van der Waals surface area contributed by atoms with Crippen LogP contribution in [0.4, 0.5) is 0 Å². The molecule has 2 aliphatic rings. The summed E-state index contributed by atoms with van der Waals surface area (Å²) in [6.45, 7) is 0.730. The molecule has 7 heteroatoms. The Balaban J connectivity index is 1.38. The van der Waals surface area contributed by atoms with Crippen LogP contribution in [0.15, 0.2) is 48.8 Å². The average molecular weight is 375 g/mol. The van der Waals surface area contributed by atoms with E-state index < -0.39 is 0 Å². The first-order valence-electron chi connectivity index (χ1n) is 9.55. The number of pyridine rings is 1. The van der Waals surface area contributed by atoms with Crippen molar-refractivity contribution in [2.45, 2.75) is 24.9 Å². The largest absolute Gasteiger partial charge is 0.347 e. The third kappa shape index (κ3) is 2.66. The van der Waals surface area contributed by atoms with Gasteiger partial charge in [0.1, 0.15) is 0 Å². The Kier molecular flexibility index (Phi) is 3.89. The van der Waals surface area contributed by atoms with E-state index in [1.807, 2.05) is 36.2 Å². The van der Waals surface area contributed by atoms with Crippen LogP contribution in [0.1, 0.15) is 33.7 Å². The number of aromatic nitrogens is 3. The predicted octanol–water partition coefficient (Wildman–Crippen LogP) is 2.00. The number of benzene rings is 1. The number of para-hydroxylation sites is 1. The molecule has 2 aromatic heterocycles. The van der Waals surface area contributed by atoms with Crippen molar-refractivity contribution >= 4 is 22.7 Å². The zero-order chi connectivity index (χ0) is 19.3. The number of piperidine rings is 1. The van der Waals surface area contributed by atoms with Gasteiger partial charge in [-0.25, -0.2) is 0 Å². The summed E-state index contributed by atoms with van der Waals surface area (Å²) in [7, 11) is 1.85. The quantitative estimate of drug-likeness (QED) is 0.759. The molecule has 2 amide bonds. The van der Waals surface area contributed by atoms with Crippen LogP contribution in [0.25, 0.3) is 10.9 Å². The standard InChI is InChI=1S/C21H21N5O2/c1-25-17-7-3-2-6-15(17)19(24-25)21(28)26-12-13-9-16(18(26)10-13)23-20(27)14-5-4-8-22-11-14/h2-8,11,13,16,18H,9-10,12H2,1H3,(H,23,27). The number of nitrogens with zero attached hydrogens (tertiary/aromatic N) is 4. The van der Waals surface area contributed by atoms with Crippen molar-refractivity contribution in [1.29, 1.82) is 0 Å². The van der Waals surface area contributed by atoms with E-state index in [1.165, 1.54) is 0 Å². The molecule has 7 nitrogen and oxygen atoms in total. The highest BCUT2D eigenvalue weighted by atomic mass is 16.2.